The summed E-state index contributed by atoms with van der Waals surface area (Å²) in [6.07, 6.45) is 2.80. The molecule has 0 aromatic rings. The molecule has 12 heavy (non-hydrogen) atoms. The topological polar surface area (TPSA) is 63.4 Å². The Balaban J connectivity index is 2.69. The minimum atomic E-state index is -3.02. The normalized spacial score (nSPS) is 33.6. The molecule has 1 aliphatic rings. The Morgan fingerprint density at radius 2 is 2.08 bits per heavy atom. The van der Waals surface area contributed by atoms with Crippen LogP contribution in [0.3, 0.4) is 0 Å². The van der Waals surface area contributed by atoms with Crippen LogP contribution in [0.5, 0.6) is 0 Å². The zero-order chi connectivity index (χ0) is 9.35. The van der Waals surface area contributed by atoms with Crippen molar-refractivity contribution < 1.29 is 8.42 Å². The van der Waals surface area contributed by atoms with E-state index in [4.69, 9.17) is 5.73 Å². The molecule has 1 saturated heterocycles. The highest BCUT2D eigenvalue weighted by molar-refractivity contribution is 7.88. The van der Waals surface area contributed by atoms with Gasteiger partial charge in [0.2, 0.25) is 10.0 Å². The van der Waals surface area contributed by atoms with Crippen LogP contribution in [-0.4, -0.2) is 37.6 Å². The number of nitrogens with zero attached hydrogens (tertiary/aromatic N) is 1. The van der Waals surface area contributed by atoms with E-state index in [1.807, 2.05) is 6.92 Å². The Morgan fingerprint density at radius 3 is 2.50 bits per heavy atom. The summed E-state index contributed by atoms with van der Waals surface area (Å²) in [5.41, 5.74) is 5.71. The van der Waals surface area contributed by atoms with Crippen LogP contribution in [0.15, 0.2) is 0 Å². The van der Waals surface area contributed by atoms with E-state index >= 15 is 0 Å². The Bertz CT molecular complexity index is 250. The van der Waals surface area contributed by atoms with Gasteiger partial charge in [0.1, 0.15) is 0 Å². The number of nitrogens with two attached hydrogens (primary N) is 1. The Kier molecular flexibility index (Phi) is 2.75. The molecule has 2 unspecified atom stereocenters. The molecule has 0 spiro atoms. The van der Waals surface area contributed by atoms with Crippen molar-refractivity contribution in [1.82, 2.24) is 4.31 Å². The number of hydrogen-bond donors (Lipinski definition) is 1. The van der Waals surface area contributed by atoms with Gasteiger partial charge in [-0.3, -0.25) is 0 Å². The molecule has 0 bridgehead atoms. The zero-order valence-corrected chi connectivity index (χ0v) is 8.34. The highest BCUT2D eigenvalue weighted by atomic mass is 32.2. The first kappa shape index (κ1) is 9.95. The van der Waals surface area contributed by atoms with Crippen molar-refractivity contribution in [1.29, 1.82) is 0 Å². The second kappa shape index (κ2) is 3.32. The number of hydrogen-bond acceptors (Lipinski definition) is 3. The van der Waals surface area contributed by atoms with Crippen LogP contribution in [-0.2, 0) is 10.0 Å². The Hall–Kier alpha value is -0.130. The number of sulfonamides is 1. The molecular weight excluding hydrogens is 176 g/mol. The largest absolute Gasteiger partial charge is 0.328 e. The first-order valence-corrected chi connectivity index (χ1v) is 5.98. The fourth-order valence-corrected chi connectivity index (χ4v) is 2.86. The van der Waals surface area contributed by atoms with Crippen LogP contribution in [0.4, 0.5) is 0 Å². The van der Waals surface area contributed by atoms with Crippen molar-refractivity contribution in [2.75, 3.05) is 12.8 Å². The van der Waals surface area contributed by atoms with E-state index in [-0.39, 0.29) is 12.1 Å². The van der Waals surface area contributed by atoms with E-state index in [1.165, 1.54) is 10.6 Å². The molecule has 0 saturated carbocycles. The lowest BCUT2D eigenvalue weighted by Crippen LogP contribution is -2.47. The van der Waals surface area contributed by atoms with E-state index in [2.05, 4.69) is 0 Å². The van der Waals surface area contributed by atoms with Crippen LogP contribution in [0, 0.1) is 0 Å². The molecular formula is C7H16N2O2S. The maximum atomic E-state index is 11.2. The van der Waals surface area contributed by atoms with Gasteiger partial charge in [0, 0.05) is 18.6 Å². The third kappa shape index (κ3) is 2.18. The number of rotatable bonds is 1. The lowest BCUT2D eigenvalue weighted by Gasteiger charge is -2.34. The first-order valence-electron chi connectivity index (χ1n) is 4.13. The molecule has 0 aromatic carbocycles. The minimum absolute atomic E-state index is 0.0590. The van der Waals surface area contributed by atoms with Crippen LogP contribution < -0.4 is 5.73 Å². The molecule has 1 rings (SSSR count). The summed E-state index contributed by atoms with van der Waals surface area (Å²) in [5.74, 6) is 0. The van der Waals surface area contributed by atoms with Crippen molar-refractivity contribution in [3.05, 3.63) is 0 Å². The molecule has 2 N–H and O–H groups in total. The van der Waals surface area contributed by atoms with E-state index in [0.717, 1.165) is 12.8 Å². The predicted octanol–water partition coefficient (Wildman–Crippen LogP) is -0.242. The highest BCUT2D eigenvalue weighted by Gasteiger charge is 2.28. The molecule has 1 fully saturated rings. The molecule has 4 nitrogen and oxygen atoms in total. The van der Waals surface area contributed by atoms with Gasteiger partial charge < -0.3 is 5.73 Å². The van der Waals surface area contributed by atoms with Gasteiger partial charge in [0.25, 0.3) is 0 Å². The van der Waals surface area contributed by atoms with Crippen LogP contribution >= 0.6 is 0 Å². The van der Waals surface area contributed by atoms with Crippen molar-refractivity contribution in [2.24, 2.45) is 5.73 Å². The van der Waals surface area contributed by atoms with Crippen molar-refractivity contribution in [2.45, 2.75) is 31.8 Å². The van der Waals surface area contributed by atoms with E-state index in [9.17, 15) is 8.42 Å². The molecule has 0 amide bonds. The van der Waals surface area contributed by atoms with Gasteiger partial charge >= 0.3 is 0 Å². The predicted molar refractivity (Wildman–Crippen MR) is 48.2 cm³/mol. The average Bonchev–Trinajstić information content (AvgIpc) is 1.83. The van der Waals surface area contributed by atoms with Gasteiger partial charge in [-0.25, -0.2) is 8.42 Å². The summed E-state index contributed by atoms with van der Waals surface area (Å²) in [6, 6.07) is 0.224. The molecule has 1 aliphatic heterocycles. The fraction of sp³-hybridized carbons (Fsp3) is 1.00. The molecule has 0 radical (unpaired) electrons. The smallest absolute Gasteiger partial charge is 0.211 e. The van der Waals surface area contributed by atoms with Crippen LogP contribution in [0.1, 0.15) is 19.8 Å². The summed E-state index contributed by atoms with van der Waals surface area (Å²) in [4.78, 5) is 0. The van der Waals surface area contributed by atoms with Gasteiger partial charge in [-0.15, -0.1) is 0 Å². The monoisotopic (exact) mass is 192 g/mol. The third-order valence-corrected chi connectivity index (χ3v) is 3.68. The van der Waals surface area contributed by atoms with Gasteiger partial charge in [-0.1, -0.05) is 0 Å². The second-order valence-electron chi connectivity index (χ2n) is 3.51. The van der Waals surface area contributed by atoms with Crippen molar-refractivity contribution in [3.8, 4) is 0 Å². The highest BCUT2D eigenvalue weighted by Crippen LogP contribution is 2.18. The second-order valence-corrected chi connectivity index (χ2v) is 5.44. The molecule has 1 heterocycles. The fourth-order valence-electron chi connectivity index (χ4n) is 1.68. The number of piperidine rings is 1. The van der Waals surface area contributed by atoms with Crippen molar-refractivity contribution in [3.63, 3.8) is 0 Å². The summed E-state index contributed by atoms with van der Waals surface area (Å²) in [5, 5.41) is 0. The summed E-state index contributed by atoms with van der Waals surface area (Å²) >= 11 is 0. The lowest BCUT2D eigenvalue weighted by atomic mass is 10.0. The van der Waals surface area contributed by atoms with Gasteiger partial charge in [-0.2, -0.15) is 4.31 Å². The third-order valence-electron chi connectivity index (χ3n) is 2.28. The SMILES string of the molecule is CC1CC(N)CCN1S(C)(=O)=O. The van der Waals surface area contributed by atoms with Gasteiger partial charge in [0.05, 0.1) is 6.26 Å². The standard InChI is InChI=1S/C7H16N2O2S/c1-6-5-7(8)3-4-9(6)12(2,10)11/h6-7H,3-5,8H2,1-2H3. The average molecular weight is 192 g/mol. The summed E-state index contributed by atoms with van der Waals surface area (Å²) in [6.45, 7) is 2.47. The van der Waals surface area contributed by atoms with Gasteiger partial charge in [-0.05, 0) is 19.8 Å². The molecule has 72 valence electrons. The summed E-state index contributed by atoms with van der Waals surface area (Å²) < 4.78 is 23.9. The summed E-state index contributed by atoms with van der Waals surface area (Å²) in [7, 11) is -3.02. The molecule has 2 atom stereocenters. The lowest BCUT2D eigenvalue weighted by molar-refractivity contribution is 0.249. The van der Waals surface area contributed by atoms with Gasteiger partial charge in [0.15, 0.2) is 0 Å². The molecule has 0 aromatic heterocycles. The van der Waals surface area contributed by atoms with E-state index in [1.54, 1.807) is 0 Å². The molecule has 5 heteroatoms. The molecule has 0 aliphatic carbocycles. The maximum Gasteiger partial charge on any atom is 0.211 e. The first-order chi connectivity index (χ1) is 5.41. The van der Waals surface area contributed by atoms with Crippen molar-refractivity contribution >= 4 is 10.0 Å². The zero-order valence-electron chi connectivity index (χ0n) is 7.53. The van der Waals surface area contributed by atoms with E-state index in [0.29, 0.717) is 6.54 Å². The Morgan fingerprint density at radius 1 is 1.50 bits per heavy atom. The quantitative estimate of drug-likeness (QED) is 0.623. The van der Waals surface area contributed by atoms with E-state index < -0.39 is 10.0 Å². The van der Waals surface area contributed by atoms with Crippen LogP contribution in [0.2, 0.25) is 0 Å². The Labute approximate surface area is 73.8 Å². The maximum absolute atomic E-state index is 11.2. The minimum Gasteiger partial charge on any atom is -0.328 e. The van der Waals surface area contributed by atoms with Crippen LogP contribution in [0.25, 0.3) is 0 Å².